The SMILES string of the molecule is CN=C(NCc1ccc(CN2CCC(O)CC2)cc1)N(C)Cc1ccc(C)cc1. The number of piperidine rings is 1. The summed E-state index contributed by atoms with van der Waals surface area (Å²) in [4.78, 5) is 8.98. The lowest BCUT2D eigenvalue weighted by atomic mass is 10.1. The highest BCUT2D eigenvalue weighted by Gasteiger charge is 2.16. The van der Waals surface area contributed by atoms with Gasteiger partial charge in [0.15, 0.2) is 5.96 Å². The van der Waals surface area contributed by atoms with Gasteiger partial charge in [-0.05, 0) is 36.5 Å². The van der Waals surface area contributed by atoms with Gasteiger partial charge in [0.2, 0.25) is 0 Å². The average molecular weight is 395 g/mol. The fourth-order valence-electron chi connectivity index (χ4n) is 3.71. The molecule has 1 heterocycles. The van der Waals surface area contributed by atoms with Gasteiger partial charge in [0, 0.05) is 46.8 Å². The van der Waals surface area contributed by atoms with Crippen LogP contribution in [-0.2, 0) is 19.6 Å². The maximum absolute atomic E-state index is 9.64. The van der Waals surface area contributed by atoms with Gasteiger partial charge in [-0.2, -0.15) is 0 Å². The van der Waals surface area contributed by atoms with E-state index in [1.54, 1.807) is 0 Å². The number of nitrogens with one attached hydrogen (secondary N) is 1. The number of likely N-dealkylation sites (tertiary alicyclic amines) is 1. The molecule has 0 bridgehead atoms. The predicted octanol–water partition coefficient (Wildman–Crippen LogP) is 3.16. The lowest BCUT2D eigenvalue weighted by molar-refractivity contribution is 0.0792. The van der Waals surface area contributed by atoms with Gasteiger partial charge in [-0.25, -0.2) is 0 Å². The number of nitrogens with zero attached hydrogens (tertiary/aromatic N) is 3. The van der Waals surface area contributed by atoms with Crippen LogP contribution < -0.4 is 5.32 Å². The summed E-state index contributed by atoms with van der Waals surface area (Å²) in [6, 6.07) is 17.4. The second-order valence-corrected chi connectivity index (χ2v) is 8.07. The van der Waals surface area contributed by atoms with Gasteiger partial charge in [0.05, 0.1) is 6.10 Å². The molecule has 0 atom stereocenters. The second kappa shape index (κ2) is 10.4. The van der Waals surface area contributed by atoms with Gasteiger partial charge in [0.25, 0.3) is 0 Å². The summed E-state index contributed by atoms with van der Waals surface area (Å²) in [5, 5.41) is 13.1. The van der Waals surface area contributed by atoms with Crippen molar-refractivity contribution >= 4 is 5.96 Å². The molecule has 0 aromatic heterocycles. The molecule has 156 valence electrons. The van der Waals surface area contributed by atoms with Crippen molar-refractivity contribution in [1.82, 2.24) is 15.1 Å². The van der Waals surface area contributed by atoms with Gasteiger partial charge in [-0.1, -0.05) is 54.1 Å². The molecule has 0 saturated carbocycles. The van der Waals surface area contributed by atoms with Crippen molar-refractivity contribution in [1.29, 1.82) is 0 Å². The molecule has 0 amide bonds. The quantitative estimate of drug-likeness (QED) is 0.584. The van der Waals surface area contributed by atoms with Crippen LogP contribution in [0.1, 0.15) is 35.1 Å². The van der Waals surface area contributed by atoms with Gasteiger partial charge < -0.3 is 15.3 Å². The Morgan fingerprint density at radius 1 is 1.03 bits per heavy atom. The van der Waals surface area contributed by atoms with Crippen molar-refractivity contribution in [2.45, 2.75) is 45.5 Å². The Labute approximate surface area is 175 Å². The summed E-state index contributed by atoms with van der Waals surface area (Å²) in [6.07, 6.45) is 1.66. The molecular weight excluding hydrogens is 360 g/mol. The van der Waals surface area contributed by atoms with Crippen LogP contribution in [0.15, 0.2) is 53.5 Å². The summed E-state index contributed by atoms with van der Waals surface area (Å²) >= 11 is 0. The molecule has 0 radical (unpaired) electrons. The first-order valence-corrected chi connectivity index (χ1v) is 10.5. The molecule has 2 aromatic carbocycles. The molecule has 0 spiro atoms. The molecule has 0 aliphatic carbocycles. The molecule has 2 N–H and O–H groups in total. The molecular formula is C24H34N4O. The number of guanidine groups is 1. The number of aliphatic hydroxyl groups is 1. The number of aliphatic imine (C=N–C) groups is 1. The van der Waals surface area contributed by atoms with Crippen molar-refractivity contribution in [3.05, 3.63) is 70.8 Å². The molecule has 2 aromatic rings. The highest BCUT2D eigenvalue weighted by atomic mass is 16.3. The summed E-state index contributed by atoms with van der Waals surface area (Å²) in [7, 11) is 3.89. The highest BCUT2D eigenvalue weighted by molar-refractivity contribution is 5.79. The van der Waals surface area contributed by atoms with Gasteiger partial charge in [0.1, 0.15) is 0 Å². The van der Waals surface area contributed by atoms with E-state index in [2.05, 4.69) is 82.6 Å². The summed E-state index contributed by atoms with van der Waals surface area (Å²) < 4.78 is 0. The zero-order chi connectivity index (χ0) is 20.6. The van der Waals surface area contributed by atoms with E-state index in [4.69, 9.17) is 0 Å². The minimum absolute atomic E-state index is 0.113. The van der Waals surface area contributed by atoms with Gasteiger partial charge >= 0.3 is 0 Å². The third kappa shape index (κ3) is 6.58. The number of aryl methyl sites for hydroxylation is 1. The van der Waals surface area contributed by atoms with E-state index < -0.39 is 0 Å². The first kappa shape index (κ1) is 21.3. The maximum Gasteiger partial charge on any atom is 0.193 e. The minimum atomic E-state index is -0.113. The van der Waals surface area contributed by atoms with E-state index in [1.165, 1.54) is 22.3 Å². The zero-order valence-corrected chi connectivity index (χ0v) is 17.9. The number of hydrogen-bond donors (Lipinski definition) is 2. The standard InChI is InChI=1S/C24H34N4O/c1-19-4-6-21(7-5-19)17-27(3)24(25-2)26-16-20-8-10-22(11-9-20)18-28-14-12-23(29)13-15-28/h4-11,23,29H,12-18H2,1-3H3,(H,25,26). The zero-order valence-electron chi connectivity index (χ0n) is 17.9. The van der Waals surface area contributed by atoms with E-state index in [0.29, 0.717) is 0 Å². The Kier molecular flexibility index (Phi) is 7.67. The first-order valence-electron chi connectivity index (χ1n) is 10.5. The van der Waals surface area contributed by atoms with Crippen molar-refractivity contribution in [3.8, 4) is 0 Å². The fraction of sp³-hybridized carbons (Fsp3) is 0.458. The van der Waals surface area contributed by atoms with E-state index >= 15 is 0 Å². The van der Waals surface area contributed by atoms with Crippen LogP contribution in [0.5, 0.6) is 0 Å². The van der Waals surface area contributed by atoms with Gasteiger partial charge in [-0.15, -0.1) is 0 Å². The van der Waals surface area contributed by atoms with E-state index in [1.807, 2.05) is 7.05 Å². The van der Waals surface area contributed by atoms with Crippen molar-refractivity contribution in [2.75, 3.05) is 27.2 Å². The Morgan fingerprint density at radius 3 is 2.24 bits per heavy atom. The van der Waals surface area contributed by atoms with Crippen LogP contribution in [0.4, 0.5) is 0 Å². The number of hydrogen-bond acceptors (Lipinski definition) is 3. The number of benzene rings is 2. The normalized spacial score (nSPS) is 16.1. The molecule has 5 nitrogen and oxygen atoms in total. The van der Waals surface area contributed by atoms with E-state index in [9.17, 15) is 5.11 Å². The van der Waals surface area contributed by atoms with Crippen molar-refractivity contribution in [2.24, 2.45) is 4.99 Å². The van der Waals surface area contributed by atoms with Crippen LogP contribution >= 0.6 is 0 Å². The topological polar surface area (TPSA) is 51.1 Å². The average Bonchev–Trinajstić information content (AvgIpc) is 2.73. The minimum Gasteiger partial charge on any atom is -0.393 e. The van der Waals surface area contributed by atoms with Crippen molar-refractivity contribution in [3.63, 3.8) is 0 Å². The maximum atomic E-state index is 9.64. The molecule has 1 fully saturated rings. The van der Waals surface area contributed by atoms with Crippen LogP contribution in [0, 0.1) is 6.92 Å². The van der Waals surface area contributed by atoms with Crippen LogP contribution in [0.25, 0.3) is 0 Å². The molecule has 0 unspecified atom stereocenters. The Morgan fingerprint density at radius 2 is 1.62 bits per heavy atom. The highest BCUT2D eigenvalue weighted by Crippen LogP contribution is 2.14. The molecule has 3 rings (SSSR count). The van der Waals surface area contributed by atoms with Crippen LogP contribution in [0.3, 0.4) is 0 Å². The predicted molar refractivity (Wildman–Crippen MR) is 120 cm³/mol. The lowest BCUT2D eigenvalue weighted by Gasteiger charge is -2.29. The first-order chi connectivity index (χ1) is 14.0. The fourth-order valence-corrected chi connectivity index (χ4v) is 3.71. The third-order valence-corrected chi connectivity index (χ3v) is 5.55. The lowest BCUT2D eigenvalue weighted by Crippen LogP contribution is -2.38. The molecule has 1 aliphatic rings. The number of rotatable bonds is 6. The summed E-state index contributed by atoms with van der Waals surface area (Å²) in [6.45, 7) is 6.60. The Bertz CT molecular complexity index is 778. The molecule has 1 aliphatic heterocycles. The monoisotopic (exact) mass is 394 g/mol. The van der Waals surface area contributed by atoms with Crippen molar-refractivity contribution < 1.29 is 5.11 Å². The van der Waals surface area contributed by atoms with Crippen LogP contribution in [-0.4, -0.2) is 54.2 Å². The molecule has 29 heavy (non-hydrogen) atoms. The van der Waals surface area contributed by atoms with Crippen LogP contribution in [0.2, 0.25) is 0 Å². The largest absolute Gasteiger partial charge is 0.393 e. The summed E-state index contributed by atoms with van der Waals surface area (Å²) in [5.74, 6) is 0.890. The smallest absolute Gasteiger partial charge is 0.193 e. The third-order valence-electron chi connectivity index (χ3n) is 5.55. The summed E-state index contributed by atoms with van der Waals surface area (Å²) in [5.41, 5.74) is 5.12. The molecule has 1 saturated heterocycles. The van der Waals surface area contributed by atoms with E-state index in [0.717, 1.165) is 51.5 Å². The Balaban J connectivity index is 1.48. The second-order valence-electron chi connectivity index (χ2n) is 8.07. The molecule has 5 heteroatoms. The number of aliphatic hydroxyl groups excluding tert-OH is 1. The van der Waals surface area contributed by atoms with E-state index in [-0.39, 0.29) is 6.10 Å². The van der Waals surface area contributed by atoms with Gasteiger partial charge in [-0.3, -0.25) is 9.89 Å². The Hall–Kier alpha value is -2.37.